The lowest BCUT2D eigenvalue weighted by Crippen LogP contribution is -2.56. The molecule has 4 N–H and O–H groups in total. The van der Waals surface area contributed by atoms with Crippen molar-refractivity contribution in [2.45, 2.75) is 36.1 Å². The summed E-state index contributed by atoms with van der Waals surface area (Å²) in [6, 6.07) is 15.6. The average Bonchev–Trinajstić information content (AvgIpc) is 2.89. The Balaban J connectivity index is 1.74. The predicted molar refractivity (Wildman–Crippen MR) is 133 cm³/mol. The number of aromatic nitrogens is 2. The largest absolute Gasteiger partial charge is 0.475 e. The molecular weight excluding hydrogens is 483 g/mol. The number of carbonyl (C=O) groups is 2. The minimum atomic E-state index is -3.98. The van der Waals surface area contributed by atoms with Crippen molar-refractivity contribution in [3.8, 4) is 0 Å². The van der Waals surface area contributed by atoms with Crippen molar-refractivity contribution < 1.29 is 28.1 Å². The Morgan fingerprint density at radius 3 is 2.22 bits per heavy atom. The summed E-state index contributed by atoms with van der Waals surface area (Å²) in [5.41, 5.74) is 0.951. The first-order chi connectivity index (χ1) is 17.3. The highest BCUT2D eigenvalue weighted by Gasteiger charge is 2.33. The zero-order chi connectivity index (χ0) is 26.0. The second-order valence-corrected chi connectivity index (χ2v) is 10.2. The van der Waals surface area contributed by atoms with Gasteiger partial charge in [-0.25, -0.2) is 13.4 Å². The molecule has 3 aromatic rings. The molecule has 1 heterocycles. The van der Waals surface area contributed by atoms with E-state index in [1.165, 1.54) is 30.7 Å². The fourth-order valence-electron chi connectivity index (χ4n) is 3.52. The molecule has 0 saturated carbocycles. The topological polar surface area (TPSA) is 159 Å². The van der Waals surface area contributed by atoms with E-state index < -0.39 is 46.5 Å². The van der Waals surface area contributed by atoms with Gasteiger partial charge in [-0.2, -0.15) is 0 Å². The molecule has 0 aliphatic rings. The highest BCUT2D eigenvalue weighted by molar-refractivity contribution is 7.91. The third-order valence-electron chi connectivity index (χ3n) is 5.42. The molecular formula is C24H27BN4O6S. The molecule has 12 heteroatoms. The van der Waals surface area contributed by atoms with Gasteiger partial charge in [-0.15, -0.1) is 0 Å². The van der Waals surface area contributed by atoms with Gasteiger partial charge in [0.2, 0.25) is 5.91 Å². The van der Waals surface area contributed by atoms with Crippen LogP contribution in [0.5, 0.6) is 0 Å². The van der Waals surface area contributed by atoms with Crippen LogP contribution in [-0.2, 0) is 21.1 Å². The lowest BCUT2D eigenvalue weighted by atomic mass is 9.76. The minimum Gasteiger partial charge on any atom is -0.426 e. The van der Waals surface area contributed by atoms with Crippen molar-refractivity contribution in [1.29, 1.82) is 0 Å². The Labute approximate surface area is 209 Å². The van der Waals surface area contributed by atoms with Crippen LogP contribution in [0, 0.1) is 0 Å². The molecule has 0 spiro atoms. The van der Waals surface area contributed by atoms with Crippen LogP contribution in [0.25, 0.3) is 0 Å². The van der Waals surface area contributed by atoms with Crippen LogP contribution in [0.4, 0.5) is 0 Å². The molecule has 10 nitrogen and oxygen atoms in total. The maximum Gasteiger partial charge on any atom is 0.475 e. The van der Waals surface area contributed by atoms with Crippen LogP contribution in [0.2, 0.25) is 0 Å². The van der Waals surface area contributed by atoms with Crippen LogP contribution < -0.4 is 10.6 Å². The summed E-state index contributed by atoms with van der Waals surface area (Å²) in [6.45, 7) is 0. The van der Waals surface area contributed by atoms with Gasteiger partial charge in [0.05, 0.1) is 22.8 Å². The molecule has 0 fully saturated rings. The van der Waals surface area contributed by atoms with Gasteiger partial charge >= 0.3 is 7.12 Å². The van der Waals surface area contributed by atoms with E-state index in [2.05, 4.69) is 20.6 Å². The second-order valence-electron chi connectivity index (χ2n) is 8.12. The fourth-order valence-corrected chi connectivity index (χ4v) is 4.96. The number of hydrogen-bond acceptors (Lipinski definition) is 8. The number of benzene rings is 2. The van der Waals surface area contributed by atoms with E-state index in [0.717, 1.165) is 5.56 Å². The number of nitrogens with zero attached hydrogens (tertiary/aromatic N) is 2. The van der Waals surface area contributed by atoms with Crippen molar-refractivity contribution in [3.63, 3.8) is 0 Å². The fraction of sp³-hybridized carbons (Fsp3) is 0.250. The molecule has 36 heavy (non-hydrogen) atoms. The Hall–Kier alpha value is -3.61. The number of amides is 2. The third-order valence-corrected chi connectivity index (χ3v) is 7.18. The van der Waals surface area contributed by atoms with Gasteiger partial charge in [-0.05, 0) is 37.0 Å². The van der Waals surface area contributed by atoms with Gasteiger partial charge in [0.25, 0.3) is 5.91 Å². The Bertz CT molecular complexity index is 1230. The summed E-state index contributed by atoms with van der Waals surface area (Å²) in [4.78, 5) is 33.4. The van der Waals surface area contributed by atoms with E-state index in [0.29, 0.717) is 12.8 Å². The van der Waals surface area contributed by atoms with Crippen LogP contribution in [0.3, 0.4) is 0 Å². The van der Waals surface area contributed by atoms with E-state index in [4.69, 9.17) is 0 Å². The molecule has 0 bridgehead atoms. The lowest BCUT2D eigenvalue weighted by Gasteiger charge is -2.23. The van der Waals surface area contributed by atoms with Crippen molar-refractivity contribution in [3.05, 3.63) is 90.5 Å². The smallest absolute Gasteiger partial charge is 0.426 e. The molecule has 2 aromatic carbocycles. The third kappa shape index (κ3) is 7.97. The predicted octanol–water partition coefficient (Wildman–Crippen LogP) is 0.569. The number of carbonyl (C=O) groups excluding carboxylic acids is 2. The highest BCUT2D eigenvalue weighted by Crippen LogP contribution is 2.13. The van der Waals surface area contributed by atoms with Gasteiger partial charge in [0, 0.05) is 12.4 Å². The molecule has 2 atom stereocenters. The van der Waals surface area contributed by atoms with E-state index in [9.17, 15) is 28.1 Å². The molecule has 2 unspecified atom stereocenters. The normalized spacial score (nSPS) is 12.8. The minimum absolute atomic E-state index is 0.0156. The van der Waals surface area contributed by atoms with E-state index >= 15 is 0 Å². The maximum absolute atomic E-state index is 13.1. The summed E-state index contributed by atoms with van der Waals surface area (Å²) in [5, 5.41) is 24.5. The van der Waals surface area contributed by atoms with Crippen LogP contribution in [-0.4, -0.2) is 65.1 Å². The molecule has 2 amide bonds. The summed E-state index contributed by atoms with van der Waals surface area (Å²) in [7, 11) is -5.86. The van der Waals surface area contributed by atoms with Crippen molar-refractivity contribution in [2.24, 2.45) is 0 Å². The Morgan fingerprint density at radius 2 is 1.61 bits per heavy atom. The monoisotopic (exact) mass is 510 g/mol. The van der Waals surface area contributed by atoms with Gasteiger partial charge in [-0.3, -0.25) is 14.6 Å². The van der Waals surface area contributed by atoms with E-state index in [-0.39, 0.29) is 17.0 Å². The first kappa shape index (κ1) is 27.0. The summed E-state index contributed by atoms with van der Waals surface area (Å²) in [5.74, 6) is -3.48. The van der Waals surface area contributed by atoms with E-state index in [1.807, 2.05) is 30.3 Å². The molecule has 0 saturated heterocycles. The lowest BCUT2D eigenvalue weighted by molar-refractivity contribution is -0.122. The van der Waals surface area contributed by atoms with Crippen LogP contribution in [0.1, 0.15) is 28.9 Å². The quantitative estimate of drug-likeness (QED) is 0.258. The number of aryl methyl sites for hydroxylation is 1. The van der Waals surface area contributed by atoms with Crippen LogP contribution in [0.15, 0.2) is 84.1 Å². The molecule has 3 rings (SSSR count). The number of hydrogen-bond donors (Lipinski definition) is 4. The zero-order valence-corrected chi connectivity index (χ0v) is 20.2. The summed E-state index contributed by atoms with van der Waals surface area (Å²) >= 11 is 0. The van der Waals surface area contributed by atoms with Gasteiger partial charge in [-0.1, -0.05) is 48.5 Å². The maximum atomic E-state index is 13.1. The number of rotatable bonds is 12. The first-order valence-electron chi connectivity index (χ1n) is 11.3. The number of nitrogens with one attached hydrogen (secondary N) is 2. The Kier molecular flexibility index (Phi) is 9.68. The molecule has 0 aliphatic carbocycles. The molecule has 1 aromatic heterocycles. The standard InChI is InChI=1S/C24H27BN4O6S/c30-23(20-16-26-14-15-27-20)28-21(17-36(34,35)19-11-5-2-6-12-19)24(31)29-22(25(32)33)13-7-10-18-8-3-1-4-9-18/h1-6,8-9,11-12,14-16,21-22,32-33H,7,10,13,17H2,(H,28,30)(H,29,31). The van der Waals surface area contributed by atoms with E-state index in [1.54, 1.807) is 18.2 Å². The summed E-state index contributed by atoms with van der Waals surface area (Å²) in [6.07, 6.45) is 5.23. The molecule has 0 aliphatic heterocycles. The van der Waals surface area contributed by atoms with Crippen molar-refractivity contribution in [2.75, 3.05) is 5.75 Å². The average molecular weight is 510 g/mol. The highest BCUT2D eigenvalue weighted by atomic mass is 32.2. The molecule has 0 radical (unpaired) electrons. The SMILES string of the molecule is O=C(NC(CS(=O)(=O)c1ccccc1)C(=O)NC(CCCc1ccccc1)B(O)O)c1cnccn1. The first-order valence-corrected chi connectivity index (χ1v) is 13.0. The van der Waals surface area contributed by atoms with Gasteiger partial charge in [0.15, 0.2) is 9.84 Å². The zero-order valence-electron chi connectivity index (χ0n) is 19.4. The Morgan fingerprint density at radius 1 is 0.944 bits per heavy atom. The van der Waals surface area contributed by atoms with Gasteiger partial charge in [0.1, 0.15) is 11.7 Å². The van der Waals surface area contributed by atoms with Crippen LogP contribution >= 0.6 is 0 Å². The second kappa shape index (κ2) is 12.9. The molecule has 188 valence electrons. The number of sulfone groups is 1. The van der Waals surface area contributed by atoms with Gasteiger partial charge < -0.3 is 20.7 Å². The van der Waals surface area contributed by atoms with Crippen molar-refractivity contribution >= 4 is 28.8 Å². The van der Waals surface area contributed by atoms with Crippen molar-refractivity contribution in [1.82, 2.24) is 20.6 Å². The summed E-state index contributed by atoms with van der Waals surface area (Å²) < 4.78 is 25.9.